The lowest BCUT2D eigenvalue weighted by Crippen LogP contribution is -2.54. The summed E-state index contributed by atoms with van der Waals surface area (Å²) in [5, 5.41) is 5.84. The fourth-order valence-electron chi connectivity index (χ4n) is 12.2. The highest BCUT2D eigenvalue weighted by molar-refractivity contribution is 5.88. The van der Waals surface area contributed by atoms with Crippen LogP contribution in [-0.4, -0.2) is 117 Å². The highest BCUT2D eigenvalue weighted by Gasteiger charge is 2.65. The first-order chi connectivity index (χ1) is 32.7. The fourth-order valence-corrected chi connectivity index (χ4v) is 12.2. The maximum atomic E-state index is 14.6. The molecule has 2 aromatic heterocycles. The number of hydrogen-bond donors (Lipinski definition) is 4. The maximum Gasteiger partial charge on any atom is 0.407 e. The van der Waals surface area contributed by atoms with Gasteiger partial charge in [-0.25, -0.2) is 19.6 Å². The van der Waals surface area contributed by atoms with Crippen LogP contribution in [0.3, 0.4) is 0 Å². The van der Waals surface area contributed by atoms with Gasteiger partial charge in [0, 0.05) is 49.3 Å². The van der Waals surface area contributed by atoms with E-state index in [1.807, 2.05) is 22.2 Å². The quantitative estimate of drug-likeness (QED) is 0.115. The summed E-state index contributed by atoms with van der Waals surface area (Å²) in [5.41, 5.74) is 5.17. The molecule has 68 heavy (non-hydrogen) atoms. The van der Waals surface area contributed by atoms with Crippen LogP contribution in [0.1, 0.15) is 115 Å². The number of aromatic nitrogens is 4. The molecule has 2 spiro atoms. The van der Waals surface area contributed by atoms with Gasteiger partial charge in [-0.3, -0.25) is 9.59 Å². The van der Waals surface area contributed by atoms with Gasteiger partial charge in [0.05, 0.1) is 48.9 Å². The van der Waals surface area contributed by atoms with Gasteiger partial charge in [0.1, 0.15) is 23.7 Å². The molecule has 6 heterocycles. The highest BCUT2D eigenvalue weighted by Crippen LogP contribution is 2.63. The first-order valence-corrected chi connectivity index (χ1v) is 24.6. The third-order valence-corrected chi connectivity index (χ3v) is 16.5. The molecule has 3 saturated carbocycles. The van der Waals surface area contributed by atoms with Gasteiger partial charge in [-0.2, -0.15) is 0 Å². The molecule has 2 aromatic carbocycles. The molecule has 7 aliphatic rings. The number of fused-ring (bicyclic) bond motifs is 1. The number of hydrogen-bond acceptors (Lipinski definition) is 10. The van der Waals surface area contributed by atoms with E-state index in [0.717, 1.165) is 103 Å². The molecule has 4 aromatic rings. The Labute approximate surface area is 397 Å². The van der Waals surface area contributed by atoms with Gasteiger partial charge in [0.15, 0.2) is 0 Å². The number of amides is 4. The summed E-state index contributed by atoms with van der Waals surface area (Å²) < 4.78 is 22.1. The van der Waals surface area contributed by atoms with Gasteiger partial charge in [-0.15, -0.1) is 0 Å². The zero-order valence-corrected chi connectivity index (χ0v) is 39.8. The van der Waals surface area contributed by atoms with E-state index >= 15 is 0 Å². The molecule has 7 fully saturated rings. The second kappa shape index (κ2) is 16.7. The molecule has 8 atom stereocenters. The Hall–Kier alpha value is -5.74. The van der Waals surface area contributed by atoms with Crippen LogP contribution in [0.2, 0.25) is 0 Å². The SMILES string of the molecule is COC(=O)N[C@H](C(=O)N1CC(C)(C)C[C@H]1c1nc(-c2ccc(-c3ccc(-c4c[nH]c([C@@H]5C[C@@]6(C)C[C@H]6N5C(=O)[C@@H](NC(=O)OC)[C@H]5CCOC6(CC6)C5)n4)cc3)cc2)c[nH]1)[C@H]1CCOC2(CC2)C1. The van der Waals surface area contributed by atoms with Crippen LogP contribution in [0.5, 0.6) is 0 Å². The summed E-state index contributed by atoms with van der Waals surface area (Å²) >= 11 is 0. The Morgan fingerprint density at radius 1 is 0.647 bits per heavy atom. The van der Waals surface area contributed by atoms with Crippen molar-refractivity contribution in [1.82, 2.24) is 40.4 Å². The third-order valence-electron chi connectivity index (χ3n) is 16.5. The van der Waals surface area contributed by atoms with E-state index in [2.05, 4.69) is 89.9 Å². The number of benzene rings is 2. The van der Waals surface area contributed by atoms with Crippen molar-refractivity contribution < 1.29 is 38.1 Å². The minimum Gasteiger partial charge on any atom is -0.453 e. The molecule has 4 amide bonds. The van der Waals surface area contributed by atoms with E-state index in [1.54, 1.807) is 0 Å². The van der Waals surface area contributed by atoms with E-state index in [0.29, 0.717) is 32.6 Å². The molecule has 16 heteroatoms. The minimum atomic E-state index is -0.711. The highest BCUT2D eigenvalue weighted by atomic mass is 16.5. The molecule has 11 rings (SSSR count). The molecule has 0 unspecified atom stereocenters. The molecule has 16 nitrogen and oxygen atoms in total. The number of ether oxygens (including phenoxy) is 4. The molecule has 3 aliphatic carbocycles. The summed E-state index contributed by atoms with van der Waals surface area (Å²) in [4.78, 5) is 75.2. The fraction of sp³-hybridized carbons (Fsp3) is 0.577. The number of alkyl carbamates (subject to hydrolysis) is 2. The maximum absolute atomic E-state index is 14.6. The molecule has 4 aliphatic heterocycles. The summed E-state index contributed by atoms with van der Waals surface area (Å²) in [6, 6.07) is 14.8. The van der Waals surface area contributed by atoms with E-state index in [1.165, 1.54) is 14.2 Å². The number of aromatic amines is 2. The number of methoxy groups -OCH3 is 2. The number of carbonyl (C=O) groups excluding carboxylic acids is 4. The Morgan fingerprint density at radius 2 is 1.12 bits per heavy atom. The van der Waals surface area contributed by atoms with E-state index in [9.17, 15) is 19.2 Å². The average Bonchev–Trinajstić information content (AvgIpc) is 4.19. The zero-order chi connectivity index (χ0) is 47.2. The van der Waals surface area contributed by atoms with E-state index in [-0.39, 0.29) is 63.8 Å². The number of likely N-dealkylation sites (tertiary alicyclic amines) is 2. The first kappa shape index (κ1) is 44.7. The molecule has 0 radical (unpaired) electrons. The number of rotatable bonds is 11. The van der Waals surface area contributed by atoms with Gasteiger partial charge in [-0.1, -0.05) is 69.3 Å². The minimum absolute atomic E-state index is 0.0158. The van der Waals surface area contributed by atoms with Crippen molar-refractivity contribution in [2.45, 2.75) is 133 Å². The zero-order valence-electron chi connectivity index (χ0n) is 39.8. The van der Waals surface area contributed by atoms with Crippen LogP contribution < -0.4 is 10.6 Å². The van der Waals surface area contributed by atoms with Crippen molar-refractivity contribution in [2.75, 3.05) is 34.0 Å². The lowest BCUT2D eigenvalue weighted by Gasteiger charge is -2.37. The topological polar surface area (TPSA) is 193 Å². The standard InChI is InChI=1S/C52H64N8O8/c1-49(2)24-38(59(29-49)45(61)41(57-47(63)65-4)34-14-20-67-51(22-34)16-17-51)43-53-27-36(55-43)32-10-6-30(7-11-32)31-8-12-33(13-9-31)37-28-54-44(56-37)39-25-50(3)26-40(50)60(39)46(62)42(58-48(64)66-5)35-15-21-68-52(23-35)18-19-52/h6-13,27-28,34-35,38-42H,14-26,29H2,1-5H3,(H,53,55)(H,54,56)(H,57,63)(H,58,64)/t34-,35-,38-,39-,40+,41-,42-,50-/m0/s1. The Morgan fingerprint density at radius 3 is 1.60 bits per heavy atom. The first-order valence-electron chi connectivity index (χ1n) is 24.6. The summed E-state index contributed by atoms with van der Waals surface area (Å²) in [6.45, 7) is 8.29. The number of imidazole rings is 2. The second-order valence-electron chi connectivity index (χ2n) is 22.0. The number of carbonyl (C=O) groups is 4. The van der Waals surface area contributed by atoms with Gasteiger partial charge < -0.3 is 49.3 Å². The van der Waals surface area contributed by atoms with Crippen LogP contribution in [0.4, 0.5) is 9.59 Å². The number of piperidine rings is 1. The summed E-state index contributed by atoms with van der Waals surface area (Å²) in [5.74, 6) is 1.23. The van der Waals surface area contributed by atoms with Crippen LogP contribution in [-0.2, 0) is 28.5 Å². The monoisotopic (exact) mass is 928 g/mol. The largest absolute Gasteiger partial charge is 0.453 e. The van der Waals surface area contributed by atoms with E-state index < -0.39 is 24.3 Å². The van der Waals surface area contributed by atoms with Crippen molar-refractivity contribution in [3.8, 4) is 33.6 Å². The van der Waals surface area contributed by atoms with Gasteiger partial charge in [-0.05, 0) is 104 Å². The Kier molecular flexibility index (Phi) is 11.0. The van der Waals surface area contributed by atoms with Crippen LogP contribution in [0.25, 0.3) is 33.6 Å². The molecular weight excluding hydrogens is 865 g/mol. The lowest BCUT2D eigenvalue weighted by atomic mass is 9.86. The number of nitrogens with zero attached hydrogens (tertiary/aromatic N) is 4. The third kappa shape index (κ3) is 8.45. The Balaban J connectivity index is 0.767. The molecular formula is C52H64N8O8. The van der Waals surface area contributed by atoms with Crippen molar-refractivity contribution in [3.63, 3.8) is 0 Å². The molecule has 4 N–H and O–H groups in total. The normalized spacial score (nSPS) is 28.9. The van der Waals surface area contributed by atoms with Gasteiger partial charge in [0.2, 0.25) is 11.8 Å². The van der Waals surface area contributed by atoms with Crippen molar-refractivity contribution in [1.29, 1.82) is 0 Å². The summed E-state index contributed by atoms with van der Waals surface area (Å²) in [6.07, 6.45) is 12.0. The predicted molar refractivity (Wildman–Crippen MR) is 251 cm³/mol. The van der Waals surface area contributed by atoms with Crippen molar-refractivity contribution in [3.05, 3.63) is 72.6 Å². The smallest absolute Gasteiger partial charge is 0.407 e. The Bertz CT molecular complexity index is 2490. The number of nitrogens with one attached hydrogen (secondary N) is 4. The molecule has 4 saturated heterocycles. The van der Waals surface area contributed by atoms with Gasteiger partial charge in [0.25, 0.3) is 0 Å². The molecule has 360 valence electrons. The van der Waals surface area contributed by atoms with Crippen molar-refractivity contribution >= 4 is 24.0 Å². The average molecular weight is 929 g/mol. The van der Waals surface area contributed by atoms with Crippen LogP contribution in [0.15, 0.2) is 60.9 Å². The number of H-pyrrole nitrogens is 2. The van der Waals surface area contributed by atoms with Gasteiger partial charge >= 0.3 is 12.2 Å². The predicted octanol–water partition coefficient (Wildman–Crippen LogP) is 7.85. The van der Waals surface area contributed by atoms with Crippen LogP contribution in [0, 0.1) is 22.7 Å². The van der Waals surface area contributed by atoms with Crippen LogP contribution >= 0.6 is 0 Å². The molecule has 0 bridgehead atoms. The van der Waals surface area contributed by atoms with E-state index in [4.69, 9.17) is 28.9 Å². The second-order valence-corrected chi connectivity index (χ2v) is 22.0. The lowest BCUT2D eigenvalue weighted by molar-refractivity contribution is -0.139. The summed E-state index contributed by atoms with van der Waals surface area (Å²) in [7, 11) is 2.67. The van der Waals surface area contributed by atoms with Crippen molar-refractivity contribution in [2.24, 2.45) is 22.7 Å².